The Labute approximate surface area is 217 Å². The predicted octanol–water partition coefficient (Wildman–Crippen LogP) is 4.36. The van der Waals surface area contributed by atoms with E-state index in [1.54, 1.807) is 36.1 Å². The second-order valence-corrected chi connectivity index (χ2v) is 14.3. The summed E-state index contributed by atoms with van der Waals surface area (Å²) in [5.74, 6) is -0.0777. The first-order valence-corrected chi connectivity index (χ1v) is 15.6. The van der Waals surface area contributed by atoms with Crippen molar-refractivity contribution in [1.82, 2.24) is 0 Å². The number of hydrogen-bond acceptors (Lipinski definition) is 6. The number of fused-ring (bicyclic) bond motifs is 2. The van der Waals surface area contributed by atoms with Gasteiger partial charge in [0.15, 0.2) is 5.60 Å². The maximum absolute atomic E-state index is 15.6. The minimum Gasteiger partial charge on any atom is -0.497 e. The highest BCUT2D eigenvalue weighted by molar-refractivity contribution is 6.72. The fraction of sp³-hybridized carbons (Fsp3) is 0.481. The molecule has 1 N–H and O–H groups in total. The number of anilines is 2. The molecule has 0 bridgehead atoms. The number of amides is 2. The molecule has 2 saturated heterocycles. The normalized spacial score (nSPS) is 27.2. The Morgan fingerprint density at radius 2 is 1.92 bits per heavy atom. The molecule has 0 saturated carbocycles. The Morgan fingerprint density at radius 1 is 1.19 bits per heavy atom. The van der Waals surface area contributed by atoms with Crippen LogP contribution in [0.25, 0.3) is 0 Å². The summed E-state index contributed by atoms with van der Waals surface area (Å²) in [6.45, 7) is 6.18. The lowest BCUT2D eigenvalue weighted by molar-refractivity contribution is -0.146. The van der Waals surface area contributed by atoms with Gasteiger partial charge in [0.2, 0.25) is 8.41 Å². The number of cyclic esters (lactones) is 1. The van der Waals surface area contributed by atoms with Crippen molar-refractivity contribution in [2.24, 2.45) is 5.92 Å². The highest BCUT2D eigenvalue weighted by Crippen LogP contribution is 2.60. The monoisotopic (exact) mass is 528 g/mol. The molecule has 0 unspecified atom stereocenters. The van der Waals surface area contributed by atoms with E-state index in [1.165, 1.54) is 0 Å². The molecule has 3 heterocycles. The van der Waals surface area contributed by atoms with E-state index in [2.05, 4.69) is 0 Å². The van der Waals surface area contributed by atoms with E-state index in [9.17, 15) is 14.7 Å². The molecule has 0 aliphatic carbocycles. The SMILES string of the molecule is COc1ccc2c(c1)[C@@]1(O[C@H](CCO)[C@@H]([Si](C)(C)F)[C@@H]1C)C(=O)N2Cc1ccc(N2CCOC2=O)cc1. The number of benzene rings is 2. The van der Waals surface area contributed by atoms with Crippen molar-refractivity contribution in [3.05, 3.63) is 53.6 Å². The highest BCUT2D eigenvalue weighted by Gasteiger charge is 2.66. The van der Waals surface area contributed by atoms with Crippen molar-refractivity contribution in [2.75, 3.05) is 36.7 Å². The van der Waals surface area contributed by atoms with Crippen molar-refractivity contribution in [1.29, 1.82) is 0 Å². The number of methoxy groups -OCH3 is 1. The number of aliphatic hydroxyl groups excluding tert-OH is 1. The zero-order valence-corrected chi connectivity index (χ0v) is 22.6. The Hall–Kier alpha value is -2.95. The summed E-state index contributed by atoms with van der Waals surface area (Å²) >= 11 is 0. The third-order valence-corrected chi connectivity index (χ3v) is 10.4. The molecule has 2 fully saturated rings. The number of carbonyl (C=O) groups is 2. The third kappa shape index (κ3) is 4.11. The van der Waals surface area contributed by atoms with Gasteiger partial charge in [-0.15, -0.1) is 0 Å². The zero-order valence-electron chi connectivity index (χ0n) is 21.6. The lowest BCUT2D eigenvalue weighted by Crippen LogP contribution is -2.45. The van der Waals surface area contributed by atoms with Crippen LogP contribution in [0, 0.1) is 5.92 Å². The van der Waals surface area contributed by atoms with Crippen molar-refractivity contribution in [3.63, 3.8) is 0 Å². The van der Waals surface area contributed by atoms with Gasteiger partial charge in [-0.3, -0.25) is 9.69 Å². The molecule has 198 valence electrons. The Kier molecular flexibility index (Phi) is 6.53. The molecule has 2 aromatic rings. The van der Waals surface area contributed by atoms with Crippen LogP contribution >= 0.6 is 0 Å². The minimum atomic E-state index is -3.26. The summed E-state index contributed by atoms with van der Waals surface area (Å²) in [5, 5.41) is 9.70. The molecule has 10 heteroatoms. The molecule has 3 aliphatic heterocycles. The van der Waals surface area contributed by atoms with Crippen LogP contribution in [0.4, 0.5) is 20.3 Å². The van der Waals surface area contributed by atoms with E-state index >= 15 is 4.11 Å². The number of ether oxygens (including phenoxy) is 3. The predicted molar refractivity (Wildman–Crippen MR) is 139 cm³/mol. The van der Waals surface area contributed by atoms with Crippen LogP contribution < -0.4 is 14.5 Å². The van der Waals surface area contributed by atoms with E-state index in [0.717, 1.165) is 11.3 Å². The smallest absolute Gasteiger partial charge is 0.414 e. The molecule has 4 atom stereocenters. The summed E-state index contributed by atoms with van der Waals surface area (Å²) < 4.78 is 32.7. The minimum absolute atomic E-state index is 0.145. The summed E-state index contributed by atoms with van der Waals surface area (Å²) in [4.78, 5) is 29.4. The highest BCUT2D eigenvalue weighted by atomic mass is 28.4. The van der Waals surface area contributed by atoms with Gasteiger partial charge in [-0.1, -0.05) is 19.1 Å². The van der Waals surface area contributed by atoms with Crippen LogP contribution in [0.3, 0.4) is 0 Å². The first-order valence-electron chi connectivity index (χ1n) is 12.6. The number of nitrogens with zero attached hydrogens (tertiary/aromatic N) is 2. The first kappa shape index (κ1) is 25.7. The second kappa shape index (κ2) is 9.41. The van der Waals surface area contributed by atoms with Gasteiger partial charge in [0.1, 0.15) is 12.4 Å². The van der Waals surface area contributed by atoms with Gasteiger partial charge in [0.05, 0.1) is 32.0 Å². The Balaban J connectivity index is 1.52. The molecule has 0 radical (unpaired) electrons. The molecule has 5 rings (SSSR count). The van der Waals surface area contributed by atoms with E-state index in [1.807, 2.05) is 43.3 Å². The molecule has 2 amide bonds. The van der Waals surface area contributed by atoms with Crippen molar-refractivity contribution >= 4 is 31.8 Å². The van der Waals surface area contributed by atoms with E-state index < -0.39 is 31.6 Å². The number of aliphatic hydroxyl groups is 1. The fourth-order valence-electron chi connectivity index (χ4n) is 6.30. The van der Waals surface area contributed by atoms with Gasteiger partial charge < -0.3 is 28.3 Å². The largest absolute Gasteiger partial charge is 0.497 e. The quantitative estimate of drug-likeness (QED) is 0.425. The maximum Gasteiger partial charge on any atom is 0.414 e. The van der Waals surface area contributed by atoms with Gasteiger partial charge in [-0.25, -0.2) is 4.79 Å². The van der Waals surface area contributed by atoms with E-state index in [4.69, 9.17) is 14.2 Å². The van der Waals surface area contributed by atoms with E-state index in [0.29, 0.717) is 30.2 Å². The topological polar surface area (TPSA) is 88.5 Å². The lowest BCUT2D eigenvalue weighted by atomic mass is 9.82. The summed E-state index contributed by atoms with van der Waals surface area (Å²) in [5.41, 5.74) is 1.17. The van der Waals surface area contributed by atoms with E-state index in [-0.39, 0.29) is 31.6 Å². The molecule has 37 heavy (non-hydrogen) atoms. The molecular formula is C27H33FN2O6Si. The number of rotatable bonds is 7. The van der Waals surface area contributed by atoms with Gasteiger partial charge in [0, 0.05) is 29.3 Å². The Morgan fingerprint density at radius 3 is 2.51 bits per heavy atom. The number of carbonyl (C=O) groups excluding carboxylic acids is 2. The molecule has 2 aromatic carbocycles. The second-order valence-electron chi connectivity index (χ2n) is 10.5. The molecule has 1 spiro atoms. The summed E-state index contributed by atoms with van der Waals surface area (Å²) in [6, 6.07) is 12.9. The molecule has 3 aliphatic rings. The van der Waals surface area contributed by atoms with Crippen LogP contribution in [0.2, 0.25) is 18.6 Å². The average molecular weight is 529 g/mol. The van der Waals surface area contributed by atoms with Crippen LogP contribution in [-0.2, 0) is 26.4 Å². The maximum atomic E-state index is 15.6. The summed E-state index contributed by atoms with van der Waals surface area (Å²) in [6.07, 6.45) is -0.663. The molecule has 8 nitrogen and oxygen atoms in total. The standard InChI is InChI=1S/C27H33FN2O6Si/c1-17-24(37(3,4)28)23(11-13-31)36-27(17)21-15-20(34-2)9-10-22(21)30(25(27)32)16-18-5-7-19(8-6-18)29-12-14-35-26(29)33/h5-10,15,17,23-24,31H,11-14,16H2,1-4H3/t17-,23+,24-,27+/m0/s1. The van der Waals surface area contributed by atoms with Crippen molar-refractivity contribution < 1.29 is 33.0 Å². The first-order chi connectivity index (χ1) is 17.6. The molecule has 0 aromatic heterocycles. The Bertz CT molecular complexity index is 1200. The van der Waals surface area contributed by atoms with Gasteiger partial charge in [-0.2, -0.15) is 0 Å². The number of halogens is 1. The van der Waals surface area contributed by atoms with Crippen LogP contribution in [0.5, 0.6) is 5.75 Å². The fourth-order valence-corrected chi connectivity index (χ4v) is 8.84. The van der Waals surface area contributed by atoms with Gasteiger partial charge in [0.25, 0.3) is 5.91 Å². The van der Waals surface area contributed by atoms with Gasteiger partial charge in [-0.05, 0) is 55.4 Å². The third-order valence-electron chi connectivity index (χ3n) is 7.93. The van der Waals surface area contributed by atoms with Crippen molar-refractivity contribution in [3.8, 4) is 5.75 Å². The summed E-state index contributed by atoms with van der Waals surface area (Å²) in [7, 11) is -1.69. The van der Waals surface area contributed by atoms with Crippen LogP contribution in [-0.4, -0.2) is 58.5 Å². The number of hydrogen-bond donors (Lipinski definition) is 1. The van der Waals surface area contributed by atoms with Crippen LogP contribution in [0.15, 0.2) is 42.5 Å². The van der Waals surface area contributed by atoms with Gasteiger partial charge >= 0.3 is 6.09 Å². The molecular weight excluding hydrogens is 495 g/mol. The average Bonchev–Trinajstić information content (AvgIpc) is 3.49. The lowest BCUT2D eigenvalue weighted by Gasteiger charge is -2.31. The van der Waals surface area contributed by atoms with Crippen LogP contribution in [0.1, 0.15) is 24.5 Å². The zero-order chi connectivity index (χ0) is 26.5. The van der Waals surface area contributed by atoms with Crippen molar-refractivity contribution in [2.45, 2.75) is 50.2 Å².